The molecule has 4 N–H and O–H groups in total. The molecule has 0 aliphatic carbocycles. The number of nitrogens with two attached hydrogens (primary N) is 1. The molecule has 4 nitrogen and oxygen atoms in total. The molecule has 0 radical (unpaired) electrons. The summed E-state index contributed by atoms with van der Waals surface area (Å²) in [5, 5.41) is 18.5. The highest BCUT2D eigenvalue weighted by atomic mass is 16.4. The van der Waals surface area contributed by atoms with Crippen molar-refractivity contribution in [2.75, 3.05) is 0 Å². The smallest absolute Gasteiger partial charge is 0.303 e. The lowest BCUT2D eigenvalue weighted by atomic mass is 9.98. The Labute approximate surface area is 101 Å². The molecule has 2 unspecified atom stereocenters. The van der Waals surface area contributed by atoms with Crippen LogP contribution in [-0.4, -0.2) is 22.2 Å². The molecule has 94 valence electrons. The van der Waals surface area contributed by atoms with Crippen LogP contribution in [0.3, 0.4) is 0 Å². The number of carbonyl (C=O) groups is 1. The number of aryl methyl sites for hydroxylation is 1. The van der Waals surface area contributed by atoms with Gasteiger partial charge < -0.3 is 15.9 Å². The van der Waals surface area contributed by atoms with Crippen molar-refractivity contribution in [3.8, 4) is 0 Å². The van der Waals surface area contributed by atoms with E-state index in [1.165, 1.54) is 5.56 Å². The van der Waals surface area contributed by atoms with Crippen LogP contribution in [0.1, 0.15) is 37.0 Å². The summed E-state index contributed by atoms with van der Waals surface area (Å²) in [4.78, 5) is 10.4. The number of aliphatic hydroxyl groups excluding tert-OH is 1. The van der Waals surface area contributed by atoms with Crippen molar-refractivity contribution in [3.63, 3.8) is 0 Å². The second kappa shape index (κ2) is 6.37. The van der Waals surface area contributed by atoms with Gasteiger partial charge in [-0.15, -0.1) is 0 Å². The van der Waals surface area contributed by atoms with Crippen molar-refractivity contribution in [2.45, 2.75) is 38.3 Å². The van der Waals surface area contributed by atoms with Gasteiger partial charge in [0.1, 0.15) is 0 Å². The maximum atomic E-state index is 10.4. The summed E-state index contributed by atoms with van der Waals surface area (Å²) in [6.45, 7) is 2.06. The number of carboxylic acid groups (broad SMARTS) is 1. The second-order valence-corrected chi connectivity index (χ2v) is 4.14. The predicted molar refractivity (Wildman–Crippen MR) is 65.6 cm³/mol. The van der Waals surface area contributed by atoms with E-state index >= 15 is 0 Å². The van der Waals surface area contributed by atoms with Gasteiger partial charge in [-0.05, 0) is 24.0 Å². The number of carboxylic acids is 1. The fraction of sp³-hybridized carbons (Fsp3) is 0.462. The molecule has 0 heterocycles. The third-order valence-corrected chi connectivity index (χ3v) is 2.83. The summed E-state index contributed by atoms with van der Waals surface area (Å²) < 4.78 is 0. The Bertz CT molecular complexity index is 361. The maximum absolute atomic E-state index is 10.4. The van der Waals surface area contributed by atoms with Crippen LogP contribution < -0.4 is 5.73 Å². The number of hydrogen-bond acceptors (Lipinski definition) is 3. The van der Waals surface area contributed by atoms with Gasteiger partial charge in [-0.1, -0.05) is 31.2 Å². The summed E-state index contributed by atoms with van der Waals surface area (Å²) in [6.07, 6.45) is 0.388. The quantitative estimate of drug-likeness (QED) is 0.699. The highest BCUT2D eigenvalue weighted by Gasteiger charge is 2.17. The highest BCUT2D eigenvalue weighted by molar-refractivity contribution is 5.66. The van der Waals surface area contributed by atoms with Crippen LogP contribution in [0, 0.1) is 0 Å². The Morgan fingerprint density at radius 2 is 1.94 bits per heavy atom. The Morgan fingerprint density at radius 1 is 1.35 bits per heavy atom. The van der Waals surface area contributed by atoms with E-state index in [1.54, 1.807) is 0 Å². The molecule has 0 aliphatic rings. The number of rotatable bonds is 6. The van der Waals surface area contributed by atoms with Crippen LogP contribution in [0.15, 0.2) is 24.3 Å². The molecule has 2 atom stereocenters. The van der Waals surface area contributed by atoms with Crippen LogP contribution in [0.2, 0.25) is 0 Å². The zero-order valence-corrected chi connectivity index (χ0v) is 9.97. The molecule has 0 aliphatic heterocycles. The molecule has 0 aromatic heterocycles. The van der Waals surface area contributed by atoms with Gasteiger partial charge in [-0.25, -0.2) is 0 Å². The van der Waals surface area contributed by atoms with Crippen molar-refractivity contribution in [1.82, 2.24) is 0 Å². The highest BCUT2D eigenvalue weighted by Crippen LogP contribution is 2.19. The van der Waals surface area contributed by atoms with Gasteiger partial charge in [0.15, 0.2) is 0 Å². The zero-order chi connectivity index (χ0) is 12.8. The van der Waals surface area contributed by atoms with E-state index < -0.39 is 18.1 Å². The first-order chi connectivity index (χ1) is 8.04. The molecule has 1 rings (SSSR count). The van der Waals surface area contributed by atoms with E-state index in [0.29, 0.717) is 0 Å². The Hall–Kier alpha value is -1.39. The summed E-state index contributed by atoms with van der Waals surface area (Å²) in [6, 6.07) is 7.03. The molecule has 0 fully saturated rings. The number of hydrogen-bond donors (Lipinski definition) is 3. The first kappa shape index (κ1) is 13.7. The average Bonchev–Trinajstić information content (AvgIpc) is 2.35. The van der Waals surface area contributed by atoms with E-state index in [2.05, 4.69) is 6.92 Å². The maximum Gasteiger partial charge on any atom is 0.303 e. The number of aliphatic carboxylic acids is 1. The largest absolute Gasteiger partial charge is 0.481 e. The van der Waals surface area contributed by atoms with E-state index in [1.807, 2.05) is 24.3 Å². The monoisotopic (exact) mass is 237 g/mol. The molecule has 0 spiro atoms. The number of aliphatic hydroxyl groups is 1. The van der Waals surface area contributed by atoms with Gasteiger partial charge >= 0.3 is 5.97 Å². The average molecular weight is 237 g/mol. The molecule has 1 aromatic carbocycles. The fourth-order valence-corrected chi connectivity index (χ4v) is 1.65. The van der Waals surface area contributed by atoms with Crippen molar-refractivity contribution in [3.05, 3.63) is 35.4 Å². The standard InChI is InChI=1S/C13H19NO3/c1-2-9-3-5-10(6-4-9)13(17)11(14)7-8-12(15)16/h3-6,11,13,17H,2,7-8,14H2,1H3,(H,15,16). The molecule has 0 amide bonds. The van der Waals surface area contributed by atoms with Crippen LogP contribution >= 0.6 is 0 Å². The van der Waals surface area contributed by atoms with Crippen molar-refractivity contribution in [2.24, 2.45) is 5.73 Å². The lowest BCUT2D eigenvalue weighted by molar-refractivity contribution is -0.137. The minimum Gasteiger partial charge on any atom is -0.481 e. The van der Waals surface area contributed by atoms with Gasteiger partial charge in [-0.2, -0.15) is 0 Å². The summed E-state index contributed by atoms with van der Waals surface area (Å²) >= 11 is 0. The molecule has 0 bridgehead atoms. The van der Waals surface area contributed by atoms with Gasteiger partial charge in [0, 0.05) is 12.5 Å². The molecule has 0 saturated heterocycles. The minimum absolute atomic E-state index is 0.0225. The van der Waals surface area contributed by atoms with Crippen molar-refractivity contribution >= 4 is 5.97 Å². The van der Waals surface area contributed by atoms with E-state index in [4.69, 9.17) is 10.8 Å². The minimum atomic E-state index is -0.894. The second-order valence-electron chi connectivity index (χ2n) is 4.14. The van der Waals surface area contributed by atoms with Crippen LogP contribution in [0.25, 0.3) is 0 Å². The summed E-state index contributed by atoms with van der Waals surface area (Å²) in [5.74, 6) is -0.894. The fourth-order valence-electron chi connectivity index (χ4n) is 1.65. The molecular weight excluding hydrogens is 218 g/mol. The van der Waals surface area contributed by atoms with Gasteiger partial charge in [0.2, 0.25) is 0 Å². The van der Waals surface area contributed by atoms with Gasteiger partial charge in [0.25, 0.3) is 0 Å². The number of benzene rings is 1. The topological polar surface area (TPSA) is 83.5 Å². The van der Waals surface area contributed by atoms with Crippen LogP contribution in [0.4, 0.5) is 0 Å². The SMILES string of the molecule is CCc1ccc(C(O)C(N)CCC(=O)O)cc1. The van der Waals surface area contributed by atoms with E-state index in [9.17, 15) is 9.90 Å². The first-order valence-electron chi connectivity index (χ1n) is 5.79. The third-order valence-electron chi connectivity index (χ3n) is 2.83. The van der Waals surface area contributed by atoms with E-state index in [0.717, 1.165) is 12.0 Å². The Kier molecular flexibility index (Phi) is 5.12. The first-order valence-corrected chi connectivity index (χ1v) is 5.79. The third kappa shape index (κ3) is 4.17. The lowest BCUT2D eigenvalue weighted by Crippen LogP contribution is -2.29. The molecule has 17 heavy (non-hydrogen) atoms. The van der Waals surface area contributed by atoms with Crippen molar-refractivity contribution in [1.29, 1.82) is 0 Å². The van der Waals surface area contributed by atoms with Gasteiger partial charge in [0.05, 0.1) is 6.10 Å². The van der Waals surface area contributed by atoms with E-state index in [-0.39, 0.29) is 12.8 Å². The molecule has 4 heteroatoms. The molecule has 1 aromatic rings. The Morgan fingerprint density at radius 3 is 2.41 bits per heavy atom. The van der Waals surface area contributed by atoms with Gasteiger partial charge in [-0.3, -0.25) is 4.79 Å². The normalized spacial score (nSPS) is 14.3. The predicted octanol–water partition coefficient (Wildman–Crippen LogP) is 1.47. The van der Waals surface area contributed by atoms with Crippen molar-refractivity contribution < 1.29 is 15.0 Å². The lowest BCUT2D eigenvalue weighted by Gasteiger charge is -2.18. The zero-order valence-electron chi connectivity index (χ0n) is 9.97. The summed E-state index contributed by atoms with van der Waals surface area (Å²) in [5.41, 5.74) is 7.69. The van der Waals surface area contributed by atoms with Crippen LogP contribution in [-0.2, 0) is 11.2 Å². The summed E-state index contributed by atoms with van der Waals surface area (Å²) in [7, 11) is 0. The molecule has 0 saturated carbocycles. The molecular formula is C13H19NO3. The van der Waals surface area contributed by atoms with Crippen LogP contribution in [0.5, 0.6) is 0 Å². The Balaban J connectivity index is 2.60.